The molecule has 1 aromatic rings. The molecule has 0 spiro atoms. The van der Waals surface area contributed by atoms with Crippen molar-refractivity contribution in [1.29, 1.82) is 0 Å². The maximum absolute atomic E-state index is 5.53. The van der Waals surface area contributed by atoms with Crippen LogP contribution in [0, 0.1) is 0 Å². The summed E-state index contributed by atoms with van der Waals surface area (Å²) in [6, 6.07) is 5.49. The molecule has 0 bridgehead atoms. The molecular weight excluding hydrogens is 230 g/mol. The summed E-state index contributed by atoms with van der Waals surface area (Å²) >= 11 is 1.93. The van der Waals surface area contributed by atoms with Gasteiger partial charge in [0.2, 0.25) is 0 Å². The van der Waals surface area contributed by atoms with Crippen LogP contribution in [0.5, 0.6) is 0 Å². The number of methoxy groups -OCH3 is 1. The highest BCUT2D eigenvalue weighted by Gasteiger charge is 2.28. The molecule has 96 valence electrons. The van der Waals surface area contributed by atoms with E-state index < -0.39 is 0 Å². The third-order valence-electron chi connectivity index (χ3n) is 3.68. The van der Waals surface area contributed by atoms with Gasteiger partial charge in [0, 0.05) is 28.9 Å². The van der Waals surface area contributed by atoms with E-state index in [9.17, 15) is 0 Å². The largest absolute Gasteiger partial charge is 0.380 e. The quantitative estimate of drug-likeness (QED) is 0.867. The molecule has 2 nitrogen and oxygen atoms in total. The Morgan fingerprint density at radius 1 is 1.47 bits per heavy atom. The second kappa shape index (κ2) is 5.98. The molecule has 1 saturated carbocycles. The topological polar surface area (TPSA) is 21.3 Å². The van der Waals surface area contributed by atoms with E-state index in [1.54, 1.807) is 0 Å². The maximum Gasteiger partial charge on any atom is 0.0724 e. The summed E-state index contributed by atoms with van der Waals surface area (Å²) in [7, 11) is 1.83. The molecule has 1 aliphatic rings. The highest BCUT2D eigenvalue weighted by atomic mass is 32.1. The van der Waals surface area contributed by atoms with Crippen LogP contribution in [0.1, 0.15) is 48.9 Å². The minimum Gasteiger partial charge on any atom is -0.380 e. The zero-order valence-corrected chi connectivity index (χ0v) is 11.8. The van der Waals surface area contributed by atoms with Crippen LogP contribution >= 0.6 is 11.3 Å². The Labute approximate surface area is 108 Å². The van der Waals surface area contributed by atoms with Crippen molar-refractivity contribution >= 4 is 11.3 Å². The van der Waals surface area contributed by atoms with E-state index in [-0.39, 0.29) is 0 Å². The van der Waals surface area contributed by atoms with E-state index in [1.807, 2.05) is 18.4 Å². The van der Waals surface area contributed by atoms with Crippen LogP contribution in [0.2, 0.25) is 0 Å². The van der Waals surface area contributed by atoms with Gasteiger partial charge in [0.25, 0.3) is 0 Å². The molecular formula is C14H23NOS. The molecule has 3 heteroatoms. The molecule has 3 unspecified atom stereocenters. The van der Waals surface area contributed by atoms with Gasteiger partial charge in [-0.05, 0) is 44.7 Å². The van der Waals surface area contributed by atoms with Gasteiger partial charge in [-0.25, -0.2) is 0 Å². The van der Waals surface area contributed by atoms with Crippen molar-refractivity contribution in [2.75, 3.05) is 7.11 Å². The zero-order chi connectivity index (χ0) is 12.3. The Kier molecular flexibility index (Phi) is 4.60. The minimum atomic E-state index is 0.406. The number of rotatable bonds is 5. The van der Waals surface area contributed by atoms with Gasteiger partial charge in [-0.2, -0.15) is 0 Å². The zero-order valence-electron chi connectivity index (χ0n) is 11.0. The van der Waals surface area contributed by atoms with Crippen LogP contribution in [0.25, 0.3) is 0 Å². The first-order valence-electron chi connectivity index (χ1n) is 6.62. The van der Waals surface area contributed by atoms with Crippen molar-refractivity contribution in [2.45, 2.75) is 57.7 Å². The number of nitrogens with one attached hydrogen (secondary N) is 1. The SMILES string of the molecule is CCc1ccc(C(C)NC2CCCC2OC)s1. The summed E-state index contributed by atoms with van der Waals surface area (Å²) in [5.41, 5.74) is 0. The molecule has 17 heavy (non-hydrogen) atoms. The fraction of sp³-hybridized carbons (Fsp3) is 0.714. The lowest BCUT2D eigenvalue weighted by Crippen LogP contribution is -2.38. The Hall–Kier alpha value is -0.380. The van der Waals surface area contributed by atoms with Gasteiger partial charge in [0.15, 0.2) is 0 Å². The van der Waals surface area contributed by atoms with Gasteiger partial charge in [-0.3, -0.25) is 0 Å². The van der Waals surface area contributed by atoms with Crippen molar-refractivity contribution in [3.63, 3.8) is 0 Å². The van der Waals surface area contributed by atoms with Gasteiger partial charge >= 0.3 is 0 Å². The van der Waals surface area contributed by atoms with Crippen molar-refractivity contribution in [1.82, 2.24) is 5.32 Å². The van der Waals surface area contributed by atoms with Crippen molar-refractivity contribution in [2.24, 2.45) is 0 Å². The molecule has 3 atom stereocenters. The van der Waals surface area contributed by atoms with E-state index >= 15 is 0 Å². The molecule has 1 aromatic heterocycles. The first-order chi connectivity index (χ1) is 8.24. The molecule has 0 radical (unpaired) electrons. The molecule has 1 fully saturated rings. The van der Waals surface area contributed by atoms with Gasteiger partial charge in [-0.15, -0.1) is 11.3 Å². The van der Waals surface area contributed by atoms with E-state index in [2.05, 4.69) is 31.3 Å². The predicted molar refractivity (Wildman–Crippen MR) is 73.7 cm³/mol. The van der Waals surface area contributed by atoms with Gasteiger partial charge < -0.3 is 10.1 Å². The van der Waals surface area contributed by atoms with Gasteiger partial charge in [0.1, 0.15) is 0 Å². The first-order valence-corrected chi connectivity index (χ1v) is 7.43. The molecule has 1 aliphatic carbocycles. The van der Waals surface area contributed by atoms with Crippen LogP contribution in [0.15, 0.2) is 12.1 Å². The summed E-state index contributed by atoms with van der Waals surface area (Å²) in [6.45, 7) is 4.47. The smallest absolute Gasteiger partial charge is 0.0724 e. The van der Waals surface area contributed by atoms with Crippen LogP contribution in [0.4, 0.5) is 0 Å². The molecule has 0 aromatic carbocycles. The number of thiophene rings is 1. The summed E-state index contributed by atoms with van der Waals surface area (Å²) in [5.74, 6) is 0. The molecule has 1 N–H and O–H groups in total. The van der Waals surface area contributed by atoms with Crippen molar-refractivity contribution < 1.29 is 4.74 Å². The van der Waals surface area contributed by atoms with Crippen molar-refractivity contribution in [3.8, 4) is 0 Å². The second-order valence-corrected chi connectivity index (χ2v) is 6.06. The summed E-state index contributed by atoms with van der Waals surface area (Å²) in [5, 5.41) is 3.72. The average Bonchev–Trinajstić information content (AvgIpc) is 2.96. The third-order valence-corrected chi connectivity index (χ3v) is 5.09. The fourth-order valence-corrected chi connectivity index (χ4v) is 3.58. The Morgan fingerprint density at radius 2 is 2.29 bits per heavy atom. The normalized spacial score (nSPS) is 26.3. The Bertz CT molecular complexity index is 350. The Balaban J connectivity index is 1.94. The fourth-order valence-electron chi connectivity index (χ4n) is 2.62. The molecule has 2 rings (SSSR count). The lowest BCUT2D eigenvalue weighted by Gasteiger charge is -2.23. The van der Waals surface area contributed by atoms with Crippen LogP contribution < -0.4 is 5.32 Å². The number of ether oxygens (including phenoxy) is 1. The van der Waals surface area contributed by atoms with Gasteiger partial charge in [0.05, 0.1) is 6.10 Å². The van der Waals surface area contributed by atoms with E-state index in [0.29, 0.717) is 18.2 Å². The highest BCUT2D eigenvalue weighted by Crippen LogP contribution is 2.27. The minimum absolute atomic E-state index is 0.406. The van der Waals surface area contributed by atoms with Crippen molar-refractivity contribution in [3.05, 3.63) is 21.9 Å². The predicted octanol–water partition coefficient (Wildman–Crippen LogP) is 3.53. The van der Waals surface area contributed by atoms with Crippen LogP contribution in [-0.2, 0) is 11.2 Å². The molecule has 0 saturated heterocycles. The summed E-state index contributed by atoms with van der Waals surface area (Å²) in [6.07, 6.45) is 5.28. The monoisotopic (exact) mass is 253 g/mol. The molecule has 0 aliphatic heterocycles. The third kappa shape index (κ3) is 3.09. The van der Waals surface area contributed by atoms with Crippen LogP contribution in [-0.4, -0.2) is 19.3 Å². The lowest BCUT2D eigenvalue weighted by molar-refractivity contribution is 0.0821. The average molecular weight is 253 g/mol. The lowest BCUT2D eigenvalue weighted by atomic mass is 10.1. The summed E-state index contributed by atoms with van der Waals surface area (Å²) < 4.78 is 5.53. The summed E-state index contributed by atoms with van der Waals surface area (Å²) in [4.78, 5) is 2.92. The maximum atomic E-state index is 5.53. The highest BCUT2D eigenvalue weighted by molar-refractivity contribution is 7.12. The van der Waals surface area contributed by atoms with E-state index in [4.69, 9.17) is 4.74 Å². The Morgan fingerprint density at radius 3 is 2.94 bits per heavy atom. The standard InChI is InChI=1S/C14H23NOS/c1-4-11-8-9-14(17-11)10(2)15-12-6-5-7-13(12)16-3/h8-10,12-13,15H,4-7H2,1-3H3. The first kappa shape index (κ1) is 13.1. The second-order valence-electron chi connectivity index (χ2n) is 4.86. The van der Waals surface area contributed by atoms with E-state index in [0.717, 1.165) is 6.42 Å². The number of hydrogen-bond acceptors (Lipinski definition) is 3. The van der Waals surface area contributed by atoms with Crippen LogP contribution in [0.3, 0.4) is 0 Å². The number of hydrogen-bond donors (Lipinski definition) is 1. The van der Waals surface area contributed by atoms with E-state index in [1.165, 1.54) is 29.0 Å². The number of aryl methyl sites for hydroxylation is 1. The molecule has 1 heterocycles. The molecule has 0 amide bonds. The van der Waals surface area contributed by atoms with Gasteiger partial charge in [-0.1, -0.05) is 6.92 Å².